The number of nitrogens with one attached hydrogen (secondary N) is 1. The molecule has 1 atom stereocenters. The van der Waals surface area contributed by atoms with E-state index in [1.54, 1.807) is 12.3 Å². The number of amides is 2. The van der Waals surface area contributed by atoms with Gasteiger partial charge in [-0.05, 0) is 37.8 Å². The average Bonchev–Trinajstić information content (AvgIpc) is 3.45. The number of non-ortho nitro benzene ring substituents is 1. The van der Waals surface area contributed by atoms with Gasteiger partial charge in [0.15, 0.2) is 11.6 Å². The smallest absolute Gasteiger partial charge is 0.318 e. The molecule has 4 rings (SSSR count). The second-order valence-corrected chi connectivity index (χ2v) is 7.68. The Balaban J connectivity index is 1.42. The van der Waals surface area contributed by atoms with Crippen LogP contribution >= 0.6 is 0 Å². The molecule has 0 aliphatic carbocycles. The monoisotopic (exact) mass is 429 g/mol. The quantitative estimate of drug-likeness (QED) is 0.556. The van der Waals surface area contributed by atoms with Gasteiger partial charge in [0.25, 0.3) is 5.69 Å². The summed E-state index contributed by atoms with van der Waals surface area (Å²) >= 11 is 0. The minimum atomic E-state index is -0.841. The van der Waals surface area contributed by atoms with Gasteiger partial charge in [-0.2, -0.15) is 0 Å². The summed E-state index contributed by atoms with van der Waals surface area (Å²) in [6, 6.07) is 4.61. The topological polar surface area (TPSA) is 101 Å². The first-order chi connectivity index (χ1) is 15.0. The van der Waals surface area contributed by atoms with Gasteiger partial charge in [0.2, 0.25) is 0 Å². The summed E-state index contributed by atoms with van der Waals surface area (Å²) in [5.41, 5.74) is 0.218. The molecule has 0 saturated carbocycles. The zero-order valence-electron chi connectivity index (χ0n) is 17.0. The third-order valence-corrected chi connectivity index (χ3v) is 5.68. The number of hydrogen-bond donors (Lipinski definition) is 1. The SMILES string of the molecule is O=C(NCc1cnccc1Oc1ccc([N+](=O)[O-])cc1F)N1CCCC1N1CCCC1. The van der Waals surface area contributed by atoms with Gasteiger partial charge in [0.05, 0.1) is 17.2 Å². The Morgan fingerprint density at radius 3 is 2.77 bits per heavy atom. The number of urea groups is 1. The lowest BCUT2D eigenvalue weighted by atomic mass is 10.2. The van der Waals surface area contributed by atoms with Crippen LogP contribution in [0.1, 0.15) is 31.2 Å². The van der Waals surface area contributed by atoms with Crippen molar-refractivity contribution in [2.45, 2.75) is 38.4 Å². The lowest BCUT2D eigenvalue weighted by molar-refractivity contribution is -0.385. The fraction of sp³-hybridized carbons (Fsp3) is 0.429. The standard InChI is InChI=1S/C21H24FN5O4/c22-17-12-16(27(29)30)5-6-19(17)31-18-7-8-23-13-15(18)14-24-21(28)26-11-3-4-20(26)25-9-1-2-10-25/h5-8,12-13,20H,1-4,9-11,14H2,(H,24,28). The maximum Gasteiger partial charge on any atom is 0.318 e. The lowest BCUT2D eigenvalue weighted by Crippen LogP contribution is -2.49. The van der Waals surface area contributed by atoms with Crippen LogP contribution in [0.5, 0.6) is 11.5 Å². The molecule has 2 aliphatic rings. The Morgan fingerprint density at radius 2 is 2.03 bits per heavy atom. The summed E-state index contributed by atoms with van der Waals surface area (Å²) in [6.45, 7) is 2.93. The van der Waals surface area contributed by atoms with E-state index in [-0.39, 0.29) is 30.2 Å². The van der Waals surface area contributed by atoms with E-state index in [0.29, 0.717) is 11.3 Å². The van der Waals surface area contributed by atoms with Crippen LogP contribution in [0.3, 0.4) is 0 Å². The fourth-order valence-electron chi connectivity index (χ4n) is 4.13. The van der Waals surface area contributed by atoms with E-state index in [0.717, 1.165) is 38.5 Å². The summed E-state index contributed by atoms with van der Waals surface area (Å²) in [5, 5.41) is 13.7. The Labute approximate surface area is 179 Å². The largest absolute Gasteiger partial charge is 0.454 e. The highest BCUT2D eigenvalue weighted by Crippen LogP contribution is 2.29. The maximum absolute atomic E-state index is 14.2. The predicted octanol–water partition coefficient (Wildman–Crippen LogP) is 3.65. The van der Waals surface area contributed by atoms with Crippen molar-refractivity contribution in [2.75, 3.05) is 19.6 Å². The second-order valence-electron chi connectivity index (χ2n) is 7.68. The van der Waals surface area contributed by atoms with Gasteiger partial charge in [-0.3, -0.25) is 20.0 Å². The summed E-state index contributed by atoms with van der Waals surface area (Å²) in [6.07, 6.45) is 7.47. The lowest BCUT2D eigenvalue weighted by Gasteiger charge is -2.32. The number of nitro benzene ring substituents is 1. The molecule has 1 unspecified atom stereocenters. The number of halogens is 1. The highest BCUT2D eigenvalue weighted by Gasteiger charge is 2.34. The maximum atomic E-state index is 14.2. The number of nitrogens with zero attached hydrogens (tertiary/aromatic N) is 4. The van der Waals surface area contributed by atoms with E-state index in [1.165, 1.54) is 31.2 Å². The Hall–Kier alpha value is -3.27. The van der Waals surface area contributed by atoms with Gasteiger partial charge in [-0.25, -0.2) is 9.18 Å². The van der Waals surface area contributed by atoms with Crippen molar-refractivity contribution in [3.05, 3.63) is 58.2 Å². The number of nitro groups is 1. The van der Waals surface area contributed by atoms with Crippen LogP contribution in [0, 0.1) is 15.9 Å². The molecule has 0 bridgehead atoms. The molecule has 2 aromatic rings. The molecule has 31 heavy (non-hydrogen) atoms. The number of likely N-dealkylation sites (tertiary alicyclic amines) is 2. The van der Waals surface area contributed by atoms with Crippen LogP contribution in [0.25, 0.3) is 0 Å². The molecule has 164 valence electrons. The number of benzene rings is 1. The first-order valence-electron chi connectivity index (χ1n) is 10.4. The first-order valence-corrected chi connectivity index (χ1v) is 10.4. The number of rotatable bonds is 6. The molecule has 0 spiro atoms. The van der Waals surface area contributed by atoms with Crippen molar-refractivity contribution in [1.82, 2.24) is 20.1 Å². The van der Waals surface area contributed by atoms with Crippen LogP contribution < -0.4 is 10.1 Å². The molecule has 2 saturated heterocycles. The Bertz CT molecular complexity index is 967. The first kappa shape index (κ1) is 21.0. The molecule has 1 aromatic heterocycles. The second kappa shape index (κ2) is 9.25. The van der Waals surface area contributed by atoms with Gasteiger partial charge in [-0.1, -0.05) is 0 Å². The van der Waals surface area contributed by atoms with Crippen molar-refractivity contribution in [1.29, 1.82) is 0 Å². The number of pyridine rings is 1. The number of carbonyl (C=O) groups excluding carboxylic acids is 1. The molecule has 2 aliphatic heterocycles. The van der Waals surface area contributed by atoms with Crippen LogP contribution in [0.4, 0.5) is 14.9 Å². The molecule has 9 nitrogen and oxygen atoms in total. The number of carbonyl (C=O) groups is 1. The normalized spacial score (nSPS) is 18.9. The van der Waals surface area contributed by atoms with E-state index < -0.39 is 10.7 Å². The van der Waals surface area contributed by atoms with Crippen molar-refractivity contribution < 1.29 is 18.8 Å². The zero-order valence-corrected chi connectivity index (χ0v) is 17.0. The number of aromatic nitrogens is 1. The Kier molecular flexibility index (Phi) is 6.26. The van der Waals surface area contributed by atoms with Crippen molar-refractivity contribution in [3.8, 4) is 11.5 Å². The zero-order chi connectivity index (χ0) is 21.8. The van der Waals surface area contributed by atoms with E-state index in [9.17, 15) is 19.3 Å². The van der Waals surface area contributed by atoms with E-state index in [4.69, 9.17) is 4.74 Å². The minimum Gasteiger partial charge on any atom is -0.454 e. The average molecular weight is 429 g/mol. The molecule has 10 heteroatoms. The molecular weight excluding hydrogens is 405 g/mol. The van der Waals surface area contributed by atoms with Crippen LogP contribution in [0.15, 0.2) is 36.7 Å². The summed E-state index contributed by atoms with van der Waals surface area (Å²) in [5.74, 6) is -0.662. The minimum absolute atomic E-state index is 0.140. The van der Waals surface area contributed by atoms with Crippen molar-refractivity contribution in [3.63, 3.8) is 0 Å². The fourth-order valence-corrected chi connectivity index (χ4v) is 4.13. The third-order valence-electron chi connectivity index (χ3n) is 5.68. The molecular formula is C21H24FN5O4. The molecule has 1 aromatic carbocycles. The molecule has 1 N–H and O–H groups in total. The van der Waals surface area contributed by atoms with Crippen LogP contribution in [-0.2, 0) is 6.54 Å². The molecule has 2 fully saturated rings. The highest BCUT2D eigenvalue weighted by atomic mass is 19.1. The number of ether oxygens (including phenoxy) is 1. The molecule has 2 amide bonds. The van der Waals surface area contributed by atoms with Crippen LogP contribution in [-0.4, -0.2) is 51.5 Å². The summed E-state index contributed by atoms with van der Waals surface area (Å²) in [7, 11) is 0. The van der Waals surface area contributed by atoms with Gasteiger partial charge < -0.3 is 15.0 Å². The molecule has 0 radical (unpaired) electrons. The third kappa shape index (κ3) is 4.74. The van der Waals surface area contributed by atoms with Crippen molar-refractivity contribution >= 4 is 11.7 Å². The van der Waals surface area contributed by atoms with E-state index in [2.05, 4.69) is 15.2 Å². The molecule has 3 heterocycles. The van der Waals surface area contributed by atoms with Gasteiger partial charge in [0, 0.05) is 50.2 Å². The number of hydrogen-bond acceptors (Lipinski definition) is 6. The predicted molar refractivity (Wildman–Crippen MR) is 110 cm³/mol. The summed E-state index contributed by atoms with van der Waals surface area (Å²) < 4.78 is 19.8. The van der Waals surface area contributed by atoms with E-state index >= 15 is 0 Å². The highest BCUT2D eigenvalue weighted by molar-refractivity contribution is 5.74. The van der Waals surface area contributed by atoms with E-state index in [1.807, 2.05) is 4.90 Å². The van der Waals surface area contributed by atoms with Gasteiger partial charge >= 0.3 is 6.03 Å². The van der Waals surface area contributed by atoms with Crippen molar-refractivity contribution in [2.24, 2.45) is 0 Å². The van der Waals surface area contributed by atoms with Gasteiger partial charge in [0.1, 0.15) is 5.75 Å². The Morgan fingerprint density at radius 1 is 1.23 bits per heavy atom. The summed E-state index contributed by atoms with van der Waals surface area (Å²) in [4.78, 5) is 31.2. The van der Waals surface area contributed by atoms with Gasteiger partial charge in [-0.15, -0.1) is 0 Å². The van der Waals surface area contributed by atoms with Crippen LogP contribution in [0.2, 0.25) is 0 Å².